The Morgan fingerprint density at radius 2 is 2.00 bits per heavy atom. The van der Waals surface area contributed by atoms with E-state index in [4.69, 9.17) is 9.84 Å². The Labute approximate surface area is 174 Å². The summed E-state index contributed by atoms with van der Waals surface area (Å²) < 4.78 is 18.9. The first-order valence-electron chi connectivity index (χ1n) is 10.1. The van der Waals surface area contributed by atoms with Gasteiger partial charge in [0.2, 0.25) is 17.7 Å². The summed E-state index contributed by atoms with van der Waals surface area (Å²) in [5.74, 6) is -0.588. The zero-order valence-corrected chi connectivity index (χ0v) is 16.5. The van der Waals surface area contributed by atoms with Gasteiger partial charge in [-0.1, -0.05) is 30.3 Å². The molecule has 1 aromatic carbocycles. The molecule has 1 atom stereocenters. The normalized spacial score (nSPS) is 19.3. The van der Waals surface area contributed by atoms with Gasteiger partial charge < -0.3 is 14.7 Å². The van der Waals surface area contributed by atoms with Gasteiger partial charge in [-0.2, -0.15) is 14.5 Å². The largest absolute Gasteiger partial charge is 0.473 e. The summed E-state index contributed by atoms with van der Waals surface area (Å²) in [6.07, 6.45) is 4.86. The highest BCUT2D eigenvalue weighted by Crippen LogP contribution is 2.32. The molecule has 1 amide bonds. The molecule has 3 heterocycles. The van der Waals surface area contributed by atoms with Crippen LogP contribution < -0.4 is 9.64 Å². The lowest BCUT2D eigenvalue weighted by Gasteiger charge is -2.33. The summed E-state index contributed by atoms with van der Waals surface area (Å²) in [5.41, 5.74) is 1.08. The molecule has 1 unspecified atom stereocenters. The molecule has 4 rings (SSSR count). The van der Waals surface area contributed by atoms with E-state index in [9.17, 15) is 9.18 Å². The lowest BCUT2D eigenvalue weighted by atomic mass is 9.94. The average Bonchev–Trinajstić information content (AvgIpc) is 3.29. The van der Waals surface area contributed by atoms with E-state index >= 15 is 0 Å². The fraction of sp³-hybridized carbons (Fsp3) is 0.429. The first-order valence-corrected chi connectivity index (χ1v) is 10.1. The number of carbonyl (C=O) groups excluding carboxylic acids is 1. The fourth-order valence-electron chi connectivity index (χ4n) is 3.83. The average molecular weight is 413 g/mol. The van der Waals surface area contributed by atoms with Crippen molar-refractivity contribution in [1.82, 2.24) is 15.0 Å². The zero-order valence-electron chi connectivity index (χ0n) is 16.5. The number of piperidine rings is 1. The van der Waals surface area contributed by atoms with E-state index in [2.05, 4.69) is 15.1 Å². The van der Waals surface area contributed by atoms with Crippen molar-refractivity contribution >= 4 is 18.1 Å². The molecular weight excluding hydrogens is 389 g/mol. The van der Waals surface area contributed by atoms with Crippen LogP contribution in [0.1, 0.15) is 30.9 Å². The summed E-state index contributed by atoms with van der Waals surface area (Å²) in [5, 5.41) is 14.8. The number of aromatic nitrogens is 2. The smallest absolute Gasteiger partial charge is 0.255 e. The van der Waals surface area contributed by atoms with Gasteiger partial charge in [-0.05, 0) is 18.4 Å². The Bertz CT molecular complexity index is 903. The third-order valence-corrected chi connectivity index (χ3v) is 5.40. The molecule has 1 aromatic heterocycles. The number of ether oxygens (including phenoxy) is 1. The highest BCUT2D eigenvalue weighted by atomic mass is 19.1. The second kappa shape index (κ2) is 9.17. The van der Waals surface area contributed by atoms with E-state index in [1.807, 2.05) is 35.2 Å². The Kier molecular flexibility index (Phi) is 6.18. The third-order valence-electron chi connectivity index (χ3n) is 5.40. The van der Waals surface area contributed by atoms with Crippen molar-refractivity contribution < 1.29 is 19.0 Å². The molecule has 9 heteroatoms. The lowest BCUT2D eigenvalue weighted by molar-refractivity contribution is -0.138. The number of hydrogen-bond acceptors (Lipinski definition) is 7. The lowest BCUT2D eigenvalue weighted by Crippen LogP contribution is -2.41. The number of nitrogens with zero attached hydrogens (tertiary/aromatic N) is 5. The Morgan fingerprint density at radius 3 is 2.73 bits per heavy atom. The van der Waals surface area contributed by atoms with Crippen molar-refractivity contribution in [2.24, 2.45) is 11.0 Å². The number of carbonyl (C=O) groups is 1. The first-order chi connectivity index (χ1) is 14.7. The van der Waals surface area contributed by atoms with Crippen LogP contribution >= 0.6 is 0 Å². The van der Waals surface area contributed by atoms with Crippen LogP contribution in [0.2, 0.25) is 0 Å². The minimum atomic E-state index is -0.670. The van der Waals surface area contributed by atoms with E-state index in [1.54, 1.807) is 11.2 Å². The molecule has 1 N–H and O–H groups in total. The summed E-state index contributed by atoms with van der Waals surface area (Å²) in [6.45, 7) is 0.891. The number of hydrogen-bond donors (Lipinski definition) is 1. The SMILES string of the molecule is O=C(C1CCN(c2ncc(F)c(OCCO)n2)CC1)N1N=CCC1c1ccccc1. The molecular formula is C21H24FN5O3. The second-order valence-electron chi connectivity index (χ2n) is 7.30. The molecule has 30 heavy (non-hydrogen) atoms. The first kappa shape index (κ1) is 20.2. The number of amides is 1. The van der Waals surface area contributed by atoms with Crippen molar-refractivity contribution in [3.8, 4) is 5.88 Å². The number of benzene rings is 1. The maximum Gasteiger partial charge on any atom is 0.255 e. The van der Waals surface area contributed by atoms with Crippen molar-refractivity contribution in [3.05, 3.63) is 47.9 Å². The number of aliphatic hydroxyl groups excluding tert-OH is 1. The van der Waals surface area contributed by atoms with Gasteiger partial charge in [-0.3, -0.25) is 4.79 Å². The number of aliphatic hydroxyl groups is 1. The van der Waals surface area contributed by atoms with Crippen molar-refractivity contribution in [2.45, 2.75) is 25.3 Å². The molecule has 2 aliphatic rings. The van der Waals surface area contributed by atoms with Crippen LogP contribution in [-0.4, -0.2) is 58.5 Å². The Morgan fingerprint density at radius 1 is 1.23 bits per heavy atom. The van der Waals surface area contributed by atoms with Crippen LogP contribution in [0.3, 0.4) is 0 Å². The van der Waals surface area contributed by atoms with Crippen LogP contribution in [0.25, 0.3) is 0 Å². The van der Waals surface area contributed by atoms with Gasteiger partial charge in [0.1, 0.15) is 6.61 Å². The molecule has 1 saturated heterocycles. The molecule has 2 aromatic rings. The maximum absolute atomic E-state index is 13.8. The van der Waals surface area contributed by atoms with Crippen LogP contribution in [0.5, 0.6) is 5.88 Å². The summed E-state index contributed by atoms with van der Waals surface area (Å²) >= 11 is 0. The van der Waals surface area contributed by atoms with Gasteiger partial charge in [0, 0.05) is 31.6 Å². The van der Waals surface area contributed by atoms with Gasteiger partial charge in [-0.25, -0.2) is 9.99 Å². The molecule has 0 saturated carbocycles. The van der Waals surface area contributed by atoms with Gasteiger partial charge in [0.15, 0.2) is 0 Å². The summed E-state index contributed by atoms with van der Waals surface area (Å²) in [4.78, 5) is 23.2. The predicted molar refractivity (Wildman–Crippen MR) is 109 cm³/mol. The fourth-order valence-corrected chi connectivity index (χ4v) is 3.83. The Balaban J connectivity index is 1.38. The van der Waals surface area contributed by atoms with Crippen LogP contribution in [0, 0.1) is 11.7 Å². The van der Waals surface area contributed by atoms with E-state index in [1.165, 1.54) is 0 Å². The van der Waals surface area contributed by atoms with Gasteiger partial charge in [0.25, 0.3) is 5.88 Å². The predicted octanol–water partition coefficient (Wildman–Crippen LogP) is 2.16. The van der Waals surface area contributed by atoms with Crippen molar-refractivity contribution in [3.63, 3.8) is 0 Å². The minimum absolute atomic E-state index is 0.0317. The Hall–Kier alpha value is -3.07. The van der Waals surface area contributed by atoms with E-state index in [0.29, 0.717) is 38.3 Å². The summed E-state index contributed by atoms with van der Waals surface area (Å²) in [7, 11) is 0. The maximum atomic E-state index is 13.8. The van der Waals surface area contributed by atoms with Crippen molar-refractivity contribution in [2.75, 3.05) is 31.2 Å². The highest BCUT2D eigenvalue weighted by molar-refractivity contribution is 5.82. The molecule has 1 fully saturated rings. The zero-order chi connectivity index (χ0) is 20.9. The van der Waals surface area contributed by atoms with E-state index in [-0.39, 0.29) is 37.0 Å². The van der Waals surface area contributed by atoms with Gasteiger partial charge >= 0.3 is 0 Å². The van der Waals surface area contributed by atoms with E-state index < -0.39 is 5.82 Å². The topological polar surface area (TPSA) is 91.2 Å². The van der Waals surface area contributed by atoms with Crippen LogP contribution in [0.4, 0.5) is 10.3 Å². The van der Waals surface area contributed by atoms with Gasteiger partial charge in [0.05, 0.1) is 18.8 Å². The second-order valence-corrected chi connectivity index (χ2v) is 7.30. The standard InChI is InChI=1S/C21H24FN5O3/c22-17-14-23-21(25-19(17)30-13-12-28)26-10-7-16(8-11-26)20(29)27-18(6-9-24-27)15-4-2-1-3-5-15/h1-5,9,14,16,18,28H,6-8,10-13H2. The number of rotatable bonds is 6. The molecule has 8 nitrogen and oxygen atoms in total. The molecule has 0 bridgehead atoms. The monoisotopic (exact) mass is 413 g/mol. The van der Waals surface area contributed by atoms with Crippen molar-refractivity contribution in [1.29, 1.82) is 0 Å². The molecule has 0 spiro atoms. The quantitative estimate of drug-likeness (QED) is 0.781. The van der Waals surface area contributed by atoms with Gasteiger partial charge in [-0.15, -0.1) is 0 Å². The summed E-state index contributed by atoms with van der Waals surface area (Å²) in [6, 6.07) is 9.88. The van der Waals surface area contributed by atoms with E-state index in [0.717, 1.165) is 11.8 Å². The molecule has 2 aliphatic heterocycles. The number of hydrazone groups is 1. The number of anilines is 1. The molecule has 0 aliphatic carbocycles. The van der Waals surface area contributed by atoms with Crippen LogP contribution in [0.15, 0.2) is 41.6 Å². The highest BCUT2D eigenvalue weighted by Gasteiger charge is 2.35. The number of halogens is 1. The van der Waals surface area contributed by atoms with Crippen LogP contribution in [-0.2, 0) is 4.79 Å². The third kappa shape index (κ3) is 4.25. The molecule has 0 radical (unpaired) electrons. The molecule has 158 valence electrons. The minimum Gasteiger partial charge on any atom is -0.473 e.